The first-order valence-corrected chi connectivity index (χ1v) is 10.7. The molecule has 1 unspecified atom stereocenters. The van der Waals surface area contributed by atoms with Crippen molar-refractivity contribution in [3.05, 3.63) is 73.2 Å². The maximum Gasteiger partial charge on any atom is 0.240 e. The summed E-state index contributed by atoms with van der Waals surface area (Å²) in [6.07, 6.45) is 3.31. The van der Waals surface area contributed by atoms with Gasteiger partial charge in [0.1, 0.15) is 11.4 Å². The Morgan fingerprint density at radius 3 is 2.33 bits per heavy atom. The number of carbonyl (C=O) groups excluding carboxylic acids is 1. The molecule has 4 rings (SSSR count). The maximum atomic E-state index is 13.3. The Morgan fingerprint density at radius 1 is 1.00 bits per heavy atom. The van der Waals surface area contributed by atoms with Crippen LogP contribution in [0.15, 0.2) is 78.2 Å². The molecule has 0 saturated heterocycles. The number of fused-ring (bicyclic) bond motifs is 1. The average molecular weight is 418 g/mol. The second-order valence-electron chi connectivity index (χ2n) is 7.32. The third-order valence-electron chi connectivity index (χ3n) is 4.89. The molecule has 7 heteroatoms. The van der Waals surface area contributed by atoms with Crippen molar-refractivity contribution in [1.82, 2.24) is 19.7 Å². The first-order valence-electron chi connectivity index (χ1n) is 9.79. The van der Waals surface area contributed by atoms with E-state index in [0.29, 0.717) is 0 Å². The SMILES string of the molecule is CC(C)C(Sc1ncnc2c1cnn2-c1ccccc1)C(=O)N(C)c1ccccc1. The molecule has 0 N–H and O–H groups in total. The third kappa shape index (κ3) is 3.93. The van der Waals surface area contributed by atoms with E-state index in [0.717, 1.165) is 27.4 Å². The van der Waals surface area contributed by atoms with Gasteiger partial charge in [0.2, 0.25) is 5.91 Å². The lowest BCUT2D eigenvalue weighted by Gasteiger charge is -2.25. The summed E-state index contributed by atoms with van der Waals surface area (Å²) in [5.74, 6) is 0.172. The second kappa shape index (κ2) is 8.67. The average Bonchev–Trinajstić information content (AvgIpc) is 3.22. The van der Waals surface area contributed by atoms with Crippen molar-refractivity contribution in [1.29, 1.82) is 0 Å². The Kier molecular flexibility index (Phi) is 5.81. The highest BCUT2D eigenvalue weighted by Gasteiger charge is 2.29. The quantitative estimate of drug-likeness (QED) is 0.339. The van der Waals surface area contributed by atoms with Gasteiger partial charge in [0, 0.05) is 12.7 Å². The number of aromatic nitrogens is 4. The summed E-state index contributed by atoms with van der Waals surface area (Å²) in [5.41, 5.74) is 2.53. The maximum absolute atomic E-state index is 13.3. The van der Waals surface area contributed by atoms with Crippen molar-refractivity contribution >= 4 is 34.4 Å². The van der Waals surface area contributed by atoms with Gasteiger partial charge in [-0.25, -0.2) is 14.6 Å². The minimum atomic E-state index is -0.284. The van der Waals surface area contributed by atoms with Gasteiger partial charge in [0.05, 0.1) is 22.5 Å². The molecule has 6 nitrogen and oxygen atoms in total. The molecule has 0 saturated carbocycles. The van der Waals surface area contributed by atoms with Gasteiger partial charge in [-0.05, 0) is 30.2 Å². The van der Waals surface area contributed by atoms with Crippen LogP contribution < -0.4 is 4.90 Å². The van der Waals surface area contributed by atoms with Gasteiger partial charge in [0.25, 0.3) is 0 Å². The molecule has 0 bridgehead atoms. The van der Waals surface area contributed by atoms with Crippen molar-refractivity contribution in [2.45, 2.75) is 24.1 Å². The Hall–Kier alpha value is -3.19. The van der Waals surface area contributed by atoms with Crippen LogP contribution in [0, 0.1) is 5.92 Å². The van der Waals surface area contributed by atoms with E-state index in [1.807, 2.05) is 67.7 Å². The summed E-state index contributed by atoms with van der Waals surface area (Å²) >= 11 is 1.47. The normalized spacial score (nSPS) is 12.3. The predicted molar refractivity (Wildman–Crippen MR) is 121 cm³/mol. The van der Waals surface area contributed by atoms with Crippen LogP contribution in [0.1, 0.15) is 13.8 Å². The van der Waals surface area contributed by atoms with E-state index in [2.05, 4.69) is 28.9 Å². The minimum absolute atomic E-state index is 0.0448. The van der Waals surface area contributed by atoms with E-state index in [1.165, 1.54) is 18.1 Å². The lowest BCUT2D eigenvalue weighted by atomic mass is 10.1. The molecule has 0 aliphatic carbocycles. The Bertz CT molecular complexity index is 1140. The molecular formula is C23H23N5OS. The fourth-order valence-electron chi connectivity index (χ4n) is 3.24. The number of anilines is 1. The number of para-hydroxylation sites is 2. The van der Waals surface area contributed by atoms with Gasteiger partial charge in [-0.3, -0.25) is 4.79 Å². The molecule has 2 heterocycles. The zero-order chi connectivity index (χ0) is 21.1. The number of rotatable bonds is 6. The summed E-state index contributed by atoms with van der Waals surface area (Å²) in [7, 11) is 1.82. The van der Waals surface area contributed by atoms with E-state index < -0.39 is 0 Å². The van der Waals surface area contributed by atoms with Gasteiger partial charge >= 0.3 is 0 Å². The van der Waals surface area contributed by atoms with Gasteiger partial charge in [-0.1, -0.05) is 62.0 Å². The second-order valence-corrected chi connectivity index (χ2v) is 8.45. The first-order chi connectivity index (χ1) is 14.6. The van der Waals surface area contributed by atoms with Gasteiger partial charge in [-0.2, -0.15) is 5.10 Å². The summed E-state index contributed by atoms with van der Waals surface area (Å²) < 4.78 is 1.80. The molecule has 1 atom stereocenters. The monoisotopic (exact) mass is 417 g/mol. The van der Waals surface area contributed by atoms with Crippen LogP contribution in [0.25, 0.3) is 16.7 Å². The molecule has 0 aliphatic heterocycles. The topological polar surface area (TPSA) is 63.9 Å². The molecule has 0 spiro atoms. The van der Waals surface area contributed by atoms with Crippen molar-refractivity contribution in [3.63, 3.8) is 0 Å². The van der Waals surface area contributed by atoms with Crippen LogP contribution in [-0.4, -0.2) is 38.0 Å². The van der Waals surface area contributed by atoms with Crippen LogP contribution in [0.2, 0.25) is 0 Å². The summed E-state index contributed by atoms with van der Waals surface area (Å²) in [4.78, 5) is 23.9. The Labute approximate surface area is 180 Å². The highest BCUT2D eigenvalue weighted by Crippen LogP contribution is 2.33. The molecule has 30 heavy (non-hydrogen) atoms. The molecule has 2 aromatic carbocycles. The zero-order valence-corrected chi connectivity index (χ0v) is 18.0. The number of thioether (sulfide) groups is 1. The Balaban J connectivity index is 1.66. The summed E-state index contributed by atoms with van der Waals surface area (Å²) in [5, 5.41) is 5.83. The van der Waals surface area contributed by atoms with Gasteiger partial charge in [0.15, 0.2) is 5.65 Å². The molecule has 2 aromatic heterocycles. The van der Waals surface area contributed by atoms with E-state index in [1.54, 1.807) is 15.8 Å². The fourth-order valence-corrected chi connectivity index (χ4v) is 4.39. The van der Waals surface area contributed by atoms with Crippen LogP contribution in [0.5, 0.6) is 0 Å². The lowest BCUT2D eigenvalue weighted by Crippen LogP contribution is -2.37. The van der Waals surface area contributed by atoms with Crippen molar-refractivity contribution in [2.24, 2.45) is 5.92 Å². The fraction of sp³-hybridized carbons (Fsp3) is 0.217. The van der Waals surface area contributed by atoms with Crippen LogP contribution in [0.4, 0.5) is 5.69 Å². The number of benzene rings is 2. The van der Waals surface area contributed by atoms with Crippen molar-refractivity contribution in [2.75, 3.05) is 11.9 Å². The summed E-state index contributed by atoms with van der Waals surface area (Å²) in [6, 6.07) is 19.5. The molecular weight excluding hydrogens is 394 g/mol. The standard InChI is InChI=1S/C23H23N5OS/c1-16(2)20(23(29)27(3)17-10-6-4-7-11-17)30-22-19-14-26-28(21(19)24-15-25-22)18-12-8-5-9-13-18/h4-16,20H,1-3H3. The Morgan fingerprint density at radius 2 is 1.67 bits per heavy atom. The van der Waals surface area contributed by atoms with Crippen LogP contribution in [0.3, 0.4) is 0 Å². The lowest BCUT2D eigenvalue weighted by molar-refractivity contribution is -0.118. The minimum Gasteiger partial charge on any atom is -0.315 e. The molecule has 0 radical (unpaired) electrons. The van der Waals surface area contributed by atoms with Gasteiger partial charge in [-0.15, -0.1) is 0 Å². The number of nitrogens with zero attached hydrogens (tertiary/aromatic N) is 5. The van der Waals surface area contributed by atoms with Crippen molar-refractivity contribution in [3.8, 4) is 5.69 Å². The first kappa shape index (κ1) is 20.1. The largest absolute Gasteiger partial charge is 0.315 e. The highest BCUT2D eigenvalue weighted by molar-refractivity contribution is 8.00. The van der Waals surface area contributed by atoms with Crippen LogP contribution >= 0.6 is 11.8 Å². The van der Waals surface area contributed by atoms with Crippen LogP contribution in [-0.2, 0) is 4.79 Å². The summed E-state index contributed by atoms with van der Waals surface area (Å²) in [6.45, 7) is 4.11. The van der Waals surface area contributed by atoms with Gasteiger partial charge < -0.3 is 4.90 Å². The molecule has 1 amide bonds. The van der Waals surface area contributed by atoms with E-state index in [-0.39, 0.29) is 17.1 Å². The molecule has 4 aromatic rings. The van der Waals surface area contributed by atoms with E-state index in [4.69, 9.17) is 0 Å². The van der Waals surface area contributed by atoms with E-state index in [9.17, 15) is 4.79 Å². The zero-order valence-electron chi connectivity index (χ0n) is 17.1. The molecule has 0 aliphatic rings. The van der Waals surface area contributed by atoms with E-state index >= 15 is 0 Å². The van der Waals surface area contributed by atoms with Crippen molar-refractivity contribution < 1.29 is 4.79 Å². The molecule has 0 fully saturated rings. The molecule has 152 valence electrons. The predicted octanol–water partition coefficient (Wildman–Crippen LogP) is 4.60. The number of carbonyl (C=O) groups is 1. The smallest absolute Gasteiger partial charge is 0.240 e. The number of hydrogen-bond donors (Lipinski definition) is 0. The third-order valence-corrected chi connectivity index (χ3v) is 6.44. The number of amides is 1. The highest BCUT2D eigenvalue weighted by atomic mass is 32.2. The number of hydrogen-bond acceptors (Lipinski definition) is 5.